The lowest BCUT2D eigenvalue weighted by molar-refractivity contribution is 0.0600. The zero-order chi connectivity index (χ0) is 25.6. The molecule has 2 atom stereocenters. The fourth-order valence-electron chi connectivity index (χ4n) is 4.78. The number of carbonyl (C=O) groups is 1. The summed E-state index contributed by atoms with van der Waals surface area (Å²) in [4.78, 5) is 19.1. The highest BCUT2D eigenvalue weighted by Gasteiger charge is 2.41. The molecule has 0 aliphatic carbocycles. The first-order valence-corrected chi connectivity index (χ1v) is 12.7. The molecule has 37 heavy (non-hydrogen) atoms. The molecule has 0 radical (unpaired) electrons. The molecular formula is C29H29N5O2S. The number of aromatic nitrogens is 2. The lowest BCUT2D eigenvalue weighted by Crippen LogP contribution is -2.32. The van der Waals surface area contributed by atoms with E-state index in [9.17, 15) is 4.79 Å². The number of hydrogen-bond donors (Lipinski definition) is 2. The molecule has 188 valence electrons. The molecule has 7 nitrogen and oxygen atoms in total. The second-order valence-electron chi connectivity index (χ2n) is 8.81. The number of nitrogens with zero attached hydrogens (tertiary/aromatic N) is 3. The minimum Gasteiger partial charge on any atom is -0.465 e. The van der Waals surface area contributed by atoms with E-state index < -0.39 is 0 Å². The van der Waals surface area contributed by atoms with Gasteiger partial charge < -0.3 is 24.8 Å². The molecule has 1 aliphatic heterocycles. The van der Waals surface area contributed by atoms with Crippen LogP contribution in [0.3, 0.4) is 0 Å². The van der Waals surface area contributed by atoms with E-state index in [2.05, 4.69) is 43.3 Å². The lowest BCUT2D eigenvalue weighted by Gasteiger charge is -2.29. The van der Waals surface area contributed by atoms with Crippen molar-refractivity contribution in [1.82, 2.24) is 19.8 Å². The van der Waals surface area contributed by atoms with Crippen molar-refractivity contribution in [1.29, 1.82) is 0 Å². The molecule has 2 aromatic carbocycles. The SMILES string of the molecule is COC(=O)c1cccc(-n2cccc2[C@H]2[C@@H](c3ccccn3)NC(=S)N2CCCNc2ccccc2)c1. The van der Waals surface area contributed by atoms with Crippen LogP contribution in [0.2, 0.25) is 0 Å². The Kier molecular flexibility index (Phi) is 7.46. The maximum Gasteiger partial charge on any atom is 0.337 e. The van der Waals surface area contributed by atoms with E-state index in [4.69, 9.17) is 17.0 Å². The minimum absolute atomic E-state index is 0.0871. The predicted octanol–water partition coefficient (Wildman–Crippen LogP) is 5.13. The van der Waals surface area contributed by atoms with Gasteiger partial charge in [-0.15, -0.1) is 0 Å². The van der Waals surface area contributed by atoms with Crippen LogP contribution in [0.15, 0.2) is 97.3 Å². The molecule has 1 aliphatic rings. The normalized spacial score (nSPS) is 16.9. The number of anilines is 1. The lowest BCUT2D eigenvalue weighted by atomic mass is 10.0. The van der Waals surface area contributed by atoms with Crippen molar-refractivity contribution in [3.63, 3.8) is 0 Å². The summed E-state index contributed by atoms with van der Waals surface area (Å²) in [5, 5.41) is 7.71. The van der Waals surface area contributed by atoms with Crippen molar-refractivity contribution < 1.29 is 9.53 Å². The number of carbonyl (C=O) groups excluding carboxylic acids is 1. The second-order valence-corrected chi connectivity index (χ2v) is 9.20. The highest BCUT2D eigenvalue weighted by Crippen LogP contribution is 2.39. The average Bonchev–Trinajstić information content (AvgIpc) is 3.56. The number of methoxy groups -OCH3 is 1. The number of para-hydroxylation sites is 1. The smallest absolute Gasteiger partial charge is 0.337 e. The Hall–Kier alpha value is -4.17. The van der Waals surface area contributed by atoms with Crippen molar-refractivity contribution in [2.45, 2.75) is 18.5 Å². The quantitative estimate of drug-likeness (QED) is 0.183. The molecule has 8 heteroatoms. The van der Waals surface area contributed by atoms with Gasteiger partial charge in [0.1, 0.15) is 0 Å². The van der Waals surface area contributed by atoms with Gasteiger partial charge in [-0.2, -0.15) is 0 Å². The van der Waals surface area contributed by atoms with Gasteiger partial charge in [-0.1, -0.05) is 30.3 Å². The summed E-state index contributed by atoms with van der Waals surface area (Å²) in [6.45, 7) is 1.60. The topological polar surface area (TPSA) is 71.4 Å². The van der Waals surface area contributed by atoms with E-state index in [1.54, 1.807) is 6.07 Å². The van der Waals surface area contributed by atoms with Crippen LogP contribution in [0.1, 0.15) is 40.3 Å². The zero-order valence-corrected chi connectivity index (χ0v) is 21.4. The molecule has 4 aromatic rings. The van der Waals surface area contributed by atoms with Crippen LogP contribution in [0.5, 0.6) is 0 Å². The maximum atomic E-state index is 12.2. The van der Waals surface area contributed by atoms with Gasteiger partial charge in [-0.25, -0.2) is 4.79 Å². The van der Waals surface area contributed by atoms with Crippen LogP contribution < -0.4 is 10.6 Å². The van der Waals surface area contributed by atoms with Gasteiger partial charge in [0.15, 0.2) is 5.11 Å². The molecule has 0 spiro atoms. The van der Waals surface area contributed by atoms with Crippen LogP contribution in [0, 0.1) is 0 Å². The fraction of sp³-hybridized carbons (Fsp3) is 0.207. The number of thiocarbonyl (C=S) groups is 1. The first kappa shape index (κ1) is 24.5. The van der Waals surface area contributed by atoms with Gasteiger partial charge in [0, 0.05) is 42.6 Å². The minimum atomic E-state index is -0.363. The molecule has 0 bridgehead atoms. The van der Waals surface area contributed by atoms with Crippen LogP contribution >= 0.6 is 12.2 Å². The van der Waals surface area contributed by atoms with Crippen molar-refractivity contribution >= 4 is 29.0 Å². The number of pyridine rings is 1. The summed E-state index contributed by atoms with van der Waals surface area (Å²) in [5.41, 5.74) is 4.47. The number of ether oxygens (including phenoxy) is 1. The van der Waals surface area contributed by atoms with Crippen LogP contribution in [0.25, 0.3) is 5.69 Å². The third-order valence-electron chi connectivity index (χ3n) is 6.51. The molecule has 5 rings (SSSR count). The molecule has 3 heterocycles. The highest BCUT2D eigenvalue weighted by molar-refractivity contribution is 7.80. The molecular weight excluding hydrogens is 482 g/mol. The third-order valence-corrected chi connectivity index (χ3v) is 6.86. The second kappa shape index (κ2) is 11.3. The van der Waals surface area contributed by atoms with Crippen molar-refractivity contribution in [3.8, 4) is 5.69 Å². The van der Waals surface area contributed by atoms with E-state index >= 15 is 0 Å². The number of esters is 1. The van der Waals surface area contributed by atoms with Crippen molar-refractivity contribution in [3.05, 3.63) is 114 Å². The van der Waals surface area contributed by atoms with Gasteiger partial charge in [-0.3, -0.25) is 4.98 Å². The largest absolute Gasteiger partial charge is 0.465 e. The van der Waals surface area contributed by atoms with Gasteiger partial charge in [-0.05, 0) is 73.2 Å². The zero-order valence-electron chi connectivity index (χ0n) is 20.6. The molecule has 0 unspecified atom stereocenters. The molecule has 0 saturated carbocycles. The highest BCUT2D eigenvalue weighted by atomic mass is 32.1. The number of hydrogen-bond acceptors (Lipinski definition) is 5. The van der Waals surface area contributed by atoms with Gasteiger partial charge in [0.25, 0.3) is 0 Å². The summed E-state index contributed by atoms with van der Waals surface area (Å²) >= 11 is 5.84. The first-order valence-electron chi connectivity index (χ1n) is 12.3. The standard InChI is InChI=1S/C29H29N5O2S/c1-36-28(35)21-10-7-13-23(20-21)33-18-8-15-25(33)27-26(24-14-5-6-16-31-24)32-29(37)34(27)19-9-17-30-22-11-3-2-4-12-22/h2-8,10-16,18,20,26-27,30H,9,17,19H2,1H3,(H,32,37)/t26-,27+/m1/s1. The Morgan fingerprint density at radius 1 is 1.05 bits per heavy atom. The summed E-state index contributed by atoms with van der Waals surface area (Å²) in [6.07, 6.45) is 4.72. The van der Waals surface area contributed by atoms with E-state index in [1.165, 1.54) is 7.11 Å². The summed E-state index contributed by atoms with van der Waals surface area (Å²) < 4.78 is 7.04. The molecule has 0 amide bonds. The number of rotatable bonds is 9. The van der Waals surface area contributed by atoms with Crippen molar-refractivity contribution in [2.75, 3.05) is 25.5 Å². The average molecular weight is 512 g/mol. The molecule has 1 saturated heterocycles. The fourth-order valence-corrected chi connectivity index (χ4v) is 5.11. The van der Waals surface area contributed by atoms with Gasteiger partial charge >= 0.3 is 5.97 Å². The molecule has 2 aromatic heterocycles. The van der Waals surface area contributed by atoms with E-state index in [1.807, 2.05) is 73.1 Å². The molecule has 1 fully saturated rings. The summed E-state index contributed by atoms with van der Waals surface area (Å²) in [5.74, 6) is -0.363. The Balaban J connectivity index is 1.44. The Morgan fingerprint density at radius 3 is 2.68 bits per heavy atom. The monoisotopic (exact) mass is 511 g/mol. The number of benzene rings is 2. The Morgan fingerprint density at radius 2 is 1.89 bits per heavy atom. The van der Waals surface area contributed by atoms with Crippen LogP contribution in [-0.2, 0) is 4.74 Å². The van der Waals surface area contributed by atoms with Crippen molar-refractivity contribution in [2.24, 2.45) is 0 Å². The van der Waals surface area contributed by atoms with E-state index in [0.717, 1.165) is 42.3 Å². The maximum absolute atomic E-state index is 12.2. The van der Waals surface area contributed by atoms with Gasteiger partial charge in [0.05, 0.1) is 30.5 Å². The third kappa shape index (κ3) is 5.34. The van der Waals surface area contributed by atoms with E-state index in [-0.39, 0.29) is 18.1 Å². The number of nitrogens with one attached hydrogen (secondary N) is 2. The molecule has 2 N–H and O–H groups in total. The Labute approximate surface area is 222 Å². The predicted molar refractivity (Wildman–Crippen MR) is 149 cm³/mol. The Bertz CT molecular complexity index is 1360. The first-order chi connectivity index (χ1) is 18.2. The van der Waals surface area contributed by atoms with Crippen LogP contribution in [-0.4, -0.2) is 45.7 Å². The summed E-state index contributed by atoms with van der Waals surface area (Å²) in [7, 11) is 1.39. The van der Waals surface area contributed by atoms with Gasteiger partial charge in [0.2, 0.25) is 0 Å². The summed E-state index contributed by atoms with van der Waals surface area (Å²) in [6, 6.07) is 27.5. The van der Waals surface area contributed by atoms with Crippen LogP contribution in [0.4, 0.5) is 5.69 Å². The van der Waals surface area contributed by atoms with E-state index in [0.29, 0.717) is 10.7 Å².